The van der Waals surface area contributed by atoms with Gasteiger partial charge in [-0.2, -0.15) is 0 Å². The molecule has 2 fully saturated rings. The predicted octanol–water partition coefficient (Wildman–Crippen LogP) is 4.63. The summed E-state index contributed by atoms with van der Waals surface area (Å²) in [4.78, 5) is 11.3. The third-order valence-corrected chi connectivity index (χ3v) is 4.79. The molecule has 0 atom stereocenters. The van der Waals surface area contributed by atoms with E-state index >= 15 is 0 Å². The lowest BCUT2D eigenvalue weighted by molar-refractivity contribution is -0.121. The zero-order valence-corrected chi connectivity index (χ0v) is 11.7. The van der Waals surface area contributed by atoms with Crippen molar-refractivity contribution in [3.8, 4) is 0 Å². The van der Waals surface area contributed by atoms with Gasteiger partial charge < -0.3 is 0 Å². The van der Waals surface area contributed by atoms with Gasteiger partial charge in [-0.1, -0.05) is 24.3 Å². The van der Waals surface area contributed by atoms with Crippen molar-refractivity contribution in [2.45, 2.75) is 51.4 Å². The van der Waals surface area contributed by atoms with Gasteiger partial charge in [0, 0.05) is 12.8 Å². The summed E-state index contributed by atoms with van der Waals surface area (Å²) < 4.78 is 11.9. The van der Waals surface area contributed by atoms with Crippen molar-refractivity contribution in [2.24, 2.45) is 17.8 Å². The van der Waals surface area contributed by atoms with Crippen molar-refractivity contribution >= 4 is 5.78 Å². The lowest BCUT2D eigenvalue weighted by Crippen LogP contribution is -2.25. The van der Waals surface area contributed by atoms with Crippen LogP contribution in [-0.2, 0) is 4.79 Å². The van der Waals surface area contributed by atoms with Gasteiger partial charge in [-0.05, 0) is 56.3 Å². The second kappa shape index (κ2) is 7.62. The molecule has 0 unspecified atom stereocenters. The molecule has 0 saturated heterocycles. The molecule has 2 rings (SSSR count). The third-order valence-electron chi connectivity index (χ3n) is 4.79. The molecule has 0 bridgehead atoms. The molecule has 0 amide bonds. The minimum absolute atomic E-state index is 0.377. The van der Waals surface area contributed by atoms with E-state index in [1.807, 2.05) is 6.08 Å². The van der Waals surface area contributed by atoms with E-state index in [1.54, 1.807) is 12.2 Å². The summed E-state index contributed by atoms with van der Waals surface area (Å²) >= 11 is 0. The Bertz CT molecular complexity index is 327. The maximum atomic E-state index is 11.9. The standard InChI is InChI=1S/C17H25FO/c18-13-3-1-2-4-14-5-7-15(8-6-14)16-9-11-17(19)12-10-16/h1-4,14-16H,5-13H2/b3-1+,4-2+. The fraction of sp³-hybridized carbons (Fsp3) is 0.706. The largest absolute Gasteiger partial charge is 0.300 e. The van der Waals surface area contributed by atoms with E-state index in [4.69, 9.17) is 0 Å². The SMILES string of the molecule is O=C1CCC(C2CCC(/C=C/C=C/CF)CC2)CC1. The van der Waals surface area contributed by atoms with Gasteiger partial charge in [0.15, 0.2) is 0 Å². The van der Waals surface area contributed by atoms with E-state index in [0.29, 0.717) is 11.7 Å². The first-order valence-corrected chi connectivity index (χ1v) is 7.70. The molecule has 0 aliphatic heterocycles. The maximum absolute atomic E-state index is 11.9. The molecule has 19 heavy (non-hydrogen) atoms. The number of alkyl halides is 1. The minimum Gasteiger partial charge on any atom is -0.300 e. The average Bonchev–Trinajstić information content (AvgIpc) is 2.45. The topological polar surface area (TPSA) is 17.1 Å². The second-order valence-corrected chi connectivity index (χ2v) is 6.02. The summed E-state index contributed by atoms with van der Waals surface area (Å²) in [6, 6.07) is 0. The zero-order chi connectivity index (χ0) is 13.5. The van der Waals surface area contributed by atoms with Gasteiger partial charge in [0.2, 0.25) is 0 Å². The molecule has 0 N–H and O–H groups in total. The van der Waals surface area contributed by atoms with Crippen molar-refractivity contribution in [3.63, 3.8) is 0 Å². The highest BCUT2D eigenvalue weighted by molar-refractivity contribution is 5.79. The van der Waals surface area contributed by atoms with Crippen LogP contribution >= 0.6 is 0 Å². The Balaban J connectivity index is 1.71. The molecular formula is C17H25FO. The molecule has 2 aliphatic carbocycles. The first-order chi connectivity index (χ1) is 9.29. The van der Waals surface area contributed by atoms with Crippen LogP contribution in [0.1, 0.15) is 51.4 Å². The number of Topliss-reactive ketones (excluding diaryl/α,β-unsaturated/α-hetero) is 1. The quantitative estimate of drug-likeness (QED) is 0.676. The highest BCUT2D eigenvalue weighted by Crippen LogP contribution is 2.39. The van der Waals surface area contributed by atoms with Gasteiger partial charge in [0.05, 0.1) is 0 Å². The number of allylic oxidation sites excluding steroid dienone is 4. The van der Waals surface area contributed by atoms with Crippen molar-refractivity contribution in [1.29, 1.82) is 0 Å². The Hall–Kier alpha value is -0.920. The molecular weight excluding hydrogens is 239 g/mol. The first kappa shape index (κ1) is 14.5. The zero-order valence-electron chi connectivity index (χ0n) is 11.7. The van der Waals surface area contributed by atoms with Crippen LogP contribution in [0.15, 0.2) is 24.3 Å². The molecule has 1 nitrogen and oxygen atoms in total. The number of carbonyl (C=O) groups excluding carboxylic acids is 1. The number of hydrogen-bond acceptors (Lipinski definition) is 1. The van der Waals surface area contributed by atoms with E-state index < -0.39 is 0 Å². The van der Waals surface area contributed by atoms with Crippen LogP contribution in [0.2, 0.25) is 0 Å². The fourth-order valence-corrected chi connectivity index (χ4v) is 3.59. The van der Waals surface area contributed by atoms with Gasteiger partial charge in [0.25, 0.3) is 0 Å². The Morgan fingerprint density at radius 1 is 0.947 bits per heavy atom. The number of halogens is 1. The molecule has 2 aliphatic rings. The lowest BCUT2D eigenvalue weighted by Gasteiger charge is -2.34. The van der Waals surface area contributed by atoms with Crippen molar-refractivity contribution in [3.05, 3.63) is 24.3 Å². The van der Waals surface area contributed by atoms with Crippen molar-refractivity contribution in [2.75, 3.05) is 6.67 Å². The maximum Gasteiger partial charge on any atom is 0.132 e. The van der Waals surface area contributed by atoms with Crippen LogP contribution < -0.4 is 0 Å². The smallest absolute Gasteiger partial charge is 0.132 e. The van der Waals surface area contributed by atoms with Crippen molar-refractivity contribution in [1.82, 2.24) is 0 Å². The van der Waals surface area contributed by atoms with Crippen LogP contribution in [0, 0.1) is 17.8 Å². The van der Waals surface area contributed by atoms with E-state index in [2.05, 4.69) is 6.08 Å². The molecule has 0 aromatic rings. The summed E-state index contributed by atoms with van der Waals surface area (Å²) in [5.41, 5.74) is 0. The van der Waals surface area contributed by atoms with Gasteiger partial charge >= 0.3 is 0 Å². The second-order valence-electron chi connectivity index (χ2n) is 6.02. The number of rotatable bonds is 4. The van der Waals surface area contributed by atoms with E-state index in [-0.39, 0.29) is 6.67 Å². The van der Waals surface area contributed by atoms with Crippen molar-refractivity contribution < 1.29 is 9.18 Å². The number of ketones is 1. The van der Waals surface area contributed by atoms with Crippen LogP contribution in [0.25, 0.3) is 0 Å². The lowest BCUT2D eigenvalue weighted by atomic mass is 9.71. The third kappa shape index (κ3) is 4.59. The number of hydrogen-bond donors (Lipinski definition) is 0. The first-order valence-electron chi connectivity index (χ1n) is 7.70. The summed E-state index contributed by atoms with van der Waals surface area (Å²) in [5, 5.41) is 0. The van der Waals surface area contributed by atoms with E-state index in [1.165, 1.54) is 25.7 Å². The van der Waals surface area contributed by atoms with Gasteiger partial charge in [-0.15, -0.1) is 0 Å². The molecule has 0 aromatic carbocycles. The Morgan fingerprint density at radius 2 is 1.58 bits per heavy atom. The molecule has 2 heteroatoms. The Kier molecular flexibility index (Phi) is 5.81. The van der Waals surface area contributed by atoms with Crippen LogP contribution in [0.3, 0.4) is 0 Å². The predicted molar refractivity (Wildman–Crippen MR) is 76.7 cm³/mol. The highest BCUT2D eigenvalue weighted by atomic mass is 19.1. The molecule has 0 heterocycles. The number of carbonyl (C=O) groups is 1. The molecule has 0 aromatic heterocycles. The highest BCUT2D eigenvalue weighted by Gasteiger charge is 2.29. The van der Waals surface area contributed by atoms with Crippen LogP contribution in [-0.4, -0.2) is 12.5 Å². The van der Waals surface area contributed by atoms with Gasteiger partial charge in [-0.25, -0.2) is 4.39 Å². The molecule has 0 spiro atoms. The van der Waals surface area contributed by atoms with Crippen LogP contribution in [0.5, 0.6) is 0 Å². The van der Waals surface area contributed by atoms with E-state index in [9.17, 15) is 9.18 Å². The van der Waals surface area contributed by atoms with E-state index in [0.717, 1.165) is 37.5 Å². The van der Waals surface area contributed by atoms with Crippen LogP contribution in [0.4, 0.5) is 4.39 Å². The normalized spacial score (nSPS) is 30.5. The fourth-order valence-electron chi connectivity index (χ4n) is 3.59. The summed E-state index contributed by atoms with van der Waals surface area (Å²) in [6.07, 6.45) is 16.6. The average molecular weight is 264 g/mol. The van der Waals surface area contributed by atoms with Gasteiger partial charge in [-0.3, -0.25) is 4.79 Å². The summed E-state index contributed by atoms with van der Waals surface area (Å²) in [6.45, 7) is -0.377. The molecule has 106 valence electrons. The van der Waals surface area contributed by atoms with Gasteiger partial charge in [0.1, 0.15) is 12.5 Å². The molecule has 2 saturated carbocycles. The summed E-state index contributed by atoms with van der Waals surface area (Å²) in [7, 11) is 0. The summed E-state index contributed by atoms with van der Waals surface area (Å²) in [5.74, 6) is 2.78. The monoisotopic (exact) mass is 264 g/mol. The minimum atomic E-state index is -0.377. The Morgan fingerprint density at radius 3 is 2.21 bits per heavy atom. The Labute approximate surface area is 116 Å². The molecule has 0 radical (unpaired) electrons.